The molecule has 2 fully saturated rings. The van der Waals surface area contributed by atoms with Crippen LogP contribution < -0.4 is 5.73 Å². The Morgan fingerprint density at radius 1 is 1.14 bits per heavy atom. The van der Waals surface area contributed by atoms with Crippen molar-refractivity contribution in [3.63, 3.8) is 0 Å². The van der Waals surface area contributed by atoms with Crippen molar-refractivity contribution >= 4 is 5.91 Å². The lowest BCUT2D eigenvalue weighted by atomic mass is 9.78. The molecule has 0 bridgehead atoms. The van der Waals surface area contributed by atoms with Crippen molar-refractivity contribution in [3.05, 3.63) is 35.4 Å². The van der Waals surface area contributed by atoms with Crippen LogP contribution in [-0.2, 0) is 6.42 Å². The Morgan fingerprint density at radius 3 is 2.76 bits per heavy atom. The van der Waals surface area contributed by atoms with Crippen molar-refractivity contribution in [2.75, 3.05) is 13.1 Å². The zero-order valence-electron chi connectivity index (χ0n) is 12.8. The van der Waals surface area contributed by atoms with Gasteiger partial charge in [-0.05, 0) is 56.2 Å². The summed E-state index contributed by atoms with van der Waals surface area (Å²) in [7, 11) is 0. The van der Waals surface area contributed by atoms with Crippen LogP contribution >= 0.6 is 0 Å². The fourth-order valence-corrected chi connectivity index (χ4v) is 4.13. The van der Waals surface area contributed by atoms with Gasteiger partial charge in [0.1, 0.15) is 0 Å². The topological polar surface area (TPSA) is 46.3 Å². The molecule has 1 aromatic rings. The van der Waals surface area contributed by atoms with Crippen molar-refractivity contribution in [1.29, 1.82) is 0 Å². The van der Waals surface area contributed by atoms with Crippen molar-refractivity contribution in [3.8, 4) is 0 Å². The monoisotopic (exact) mass is 286 g/mol. The number of hydrogen-bond acceptors (Lipinski definition) is 2. The highest BCUT2D eigenvalue weighted by atomic mass is 16.2. The SMILES string of the molecule is NCCc1ccccc1C(=O)N1CCC[C@H]2CCCC[C@H]21. The highest BCUT2D eigenvalue weighted by molar-refractivity contribution is 5.96. The molecule has 1 saturated heterocycles. The average molecular weight is 286 g/mol. The smallest absolute Gasteiger partial charge is 0.254 e. The first kappa shape index (κ1) is 14.6. The third kappa shape index (κ3) is 2.98. The lowest BCUT2D eigenvalue weighted by Crippen LogP contribution is -2.49. The zero-order valence-corrected chi connectivity index (χ0v) is 12.8. The minimum absolute atomic E-state index is 0.232. The second kappa shape index (κ2) is 6.61. The Labute approximate surface area is 127 Å². The number of benzene rings is 1. The summed E-state index contributed by atoms with van der Waals surface area (Å²) in [5.74, 6) is 0.966. The number of fused-ring (bicyclic) bond motifs is 1. The summed E-state index contributed by atoms with van der Waals surface area (Å²) in [6, 6.07) is 8.46. The normalized spacial score (nSPS) is 25.5. The van der Waals surface area contributed by atoms with Crippen LogP contribution in [0.15, 0.2) is 24.3 Å². The van der Waals surface area contributed by atoms with Crippen molar-refractivity contribution in [2.45, 2.75) is 51.0 Å². The summed E-state index contributed by atoms with van der Waals surface area (Å²) >= 11 is 0. The van der Waals surface area contributed by atoms with Crippen LogP contribution in [0.2, 0.25) is 0 Å². The third-order valence-electron chi connectivity index (χ3n) is 5.17. The first-order valence-electron chi connectivity index (χ1n) is 8.40. The van der Waals surface area contributed by atoms with Gasteiger partial charge in [0.15, 0.2) is 0 Å². The lowest BCUT2D eigenvalue weighted by Gasteiger charge is -2.44. The molecule has 1 amide bonds. The quantitative estimate of drug-likeness (QED) is 0.928. The average Bonchev–Trinajstić information content (AvgIpc) is 2.54. The summed E-state index contributed by atoms with van der Waals surface area (Å²) in [5, 5.41) is 0. The fourth-order valence-electron chi connectivity index (χ4n) is 4.13. The molecule has 1 aromatic carbocycles. The third-order valence-corrected chi connectivity index (χ3v) is 5.17. The van der Waals surface area contributed by atoms with Crippen molar-refractivity contribution in [2.24, 2.45) is 11.7 Å². The number of rotatable bonds is 3. The summed E-state index contributed by atoms with van der Waals surface area (Å²) in [5.41, 5.74) is 7.66. The Hall–Kier alpha value is -1.35. The van der Waals surface area contributed by atoms with Crippen LogP contribution in [0.5, 0.6) is 0 Å². The van der Waals surface area contributed by atoms with Gasteiger partial charge in [0.25, 0.3) is 5.91 Å². The molecule has 2 atom stereocenters. The minimum atomic E-state index is 0.232. The number of amides is 1. The van der Waals surface area contributed by atoms with Crippen LogP contribution in [-0.4, -0.2) is 29.9 Å². The minimum Gasteiger partial charge on any atom is -0.335 e. The second-order valence-corrected chi connectivity index (χ2v) is 6.45. The Kier molecular flexibility index (Phi) is 4.59. The number of hydrogen-bond donors (Lipinski definition) is 1. The fraction of sp³-hybridized carbons (Fsp3) is 0.611. The zero-order chi connectivity index (χ0) is 14.7. The lowest BCUT2D eigenvalue weighted by molar-refractivity contribution is 0.0389. The summed E-state index contributed by atoms with van der Waals surface area (Å²) < 4.78 is 0. The molecule has 0 aromatic heterocycles. The van der Waals surface area contributed by atoms with Crippen LogP contribution in [0.3, 0.4) is 0 Å². The van der Waals surface area contributed by atoms with Gasteiger partial charge in [0.2, 0.25) is 0 Å². The summed E-state index contributed by atoms with van der Waals surface area (Å²) in [6.45, 7) is 1.52. The van der Waals surface area contributed by atoms with E-state index in [1.807, 2.05) is 24.3 Å². The van der Waals surface area contributed by atoms with Gasteiger partial charge in [-0.25, -0.2) is 0 Å². The molecule has 0 unspecified atom stereocenters. The molecule has 3 nitrogen and oxygen atoms in total. The van der Waals surface area contributed by atoms with Crippen LogP contribution in [0.1, 0.15) is 54.4 Å². The van der Waals surface area contributed by atoms with Crippen LogP contribution in [0, 0.1) is 5.92 Å². The molecule has 2 N–H and O–H groups in total. The molecule has 1 aliphatic carbocycles. The number of nitrogens with zero attached hydrogens (tertiary/aromatic N) is 1. The van der Waals surface area contributed by atoms with Gasteiger partial charge in [-0.1, -0.05) is 31.0 Å². The summed E-state index contributed by atoms with van der Waals surface area (Å²) in [6.07, 6.45) is 8.35. The summed E-state index contributed by atoms with van der Waals surface area (Å²) in [4.78, 5) is 15.2. The number of likely N-dealkylation sites (tertiary alicyclic amines) is 1. The molecular formula is C18H26N2O. The number of carbonyl (C=O) groups excluding carboxylic acids is 1. The van der Waals surface area contributed by atoms with Crippen molar-refractivity contribution in [1.82, 2.24) is 4.90 Å². The van der Waals surface area contributed by atoms with E-state index in [0.717, 1.165) is 36.4 Å². The molecule has 114 valence electrons. The largest absolute Gasteiger partial charge is 0.335 e. The van der Waals surface area contributed by atoms with E-state index < -0.39 is 0 Å². The molecular weight excluding hydrogens is 260 g/mol. The van der Waals surface area contributed by atoms with E-state index in [0.29, 0.717) is 12.6 Å². The molecule has 3 heteroatoms. The molecule has 1 saturated carbocycles. The maximum absolute atomic E-state index is 13.0. The van der Waals surface area contributed by atoms with Crippen LogP contribution in [0.4, 0.5) is 0 Å². The number of nitrogens with two attached hydrogens (primary N) is 1. The molecule has 0 spiro atoms. The predicted octanol–water partition coefficient (Wildman–Crippen LogP) is 2.98. The maximum atomic E-state index is 13.0. The maximum Gasteiger partial charge on any atom is 0.254 e. The van der Waals surface area contributed by atoms with Gasteiger partial charge in [0.05, 0.1) is 0 Å². The first-order chi connectivity index (χ1) is 10.3. The molecule has 0 radical (unpaired) electrons. The molecule has 2 aliphatic rings. The Bertz CT molecular complexity index is 498. The van der Waals surface area contributed by atoms with Gasteiger partial charge in [-0.15, -0.1) is 0 Å². The standard InChI is InChI=1S/C18H26N2O/c19-12-11-14-6-1-3-9-16(14)18(21)20-13-5-8-15-7-2-4-10-17(15)20/h1,3,6,9,15,17H,2,4-5,7-8,10-13,19H2/t15-,17-/m1/s1. The Balaban J connectivity index is 1.83. The van der Waals surface area contributed by atoms with E-state index in [-0.39, 0.29) is 5.91 Å². The van der Waals surface area contributed by atoms with E-state index in [1.54, 1.807) is 0 Å². The van der Waals surface area contributed by atoms with E-state index in [9.17, 15) is 4.79 Å². The molecule has 1 heterocycles. The molecule has 1 aliphatic heterocycles. The van der Waals surface area contributed by atoms with E-state index in [4.69, 9.17) is 5.73 Å². The van der Waals surface area contributed by atoms with E-state index in [1.165, 1.54) is 32.1 Å². The van der Waals surface area contributed by atoms with Gasteiger partial charge in [-0.2, -0.15) is 0 Å². The molecule has 3 rings (SSSR count). The van der Waals surface area contributed by atoms with Gasteiger partial charge in [-0.3, -0.25) is 4.79 Å². The van der Waals surface area contributed by atoms with Crippen LogP contribution in [0.25, 0.3) is 0 Å². The van der Waals surface area contributed by atoms with Crippen molar-refractivity contribution < 1.29 is 4.79 Å². The van der Waals surface area contributed by atoms with Gasteiger partial charge < -0.3 is 10.6 Å². The second-order valence-electron chi connectivity index (χ2n) is 6.45. The van der Waals surface area contributed by atoms with E-state index >= 15 is 0 Å². The Morgan fingerprint density at radius 2 is 1.90 bits per heavy atom. The van der Waals surface area contributed by atoms with Gasteiger partial charge in [0, 0.05) is 18.2 Å². The first-order valence-corrected chi connectivity index (χ1v) is 8.40. The predicted molar refractivity (Wildman–Crippen MR) is 85.2 cm³/mol. The molecule has 21 heavy (non-hydrogen) atoms. The van der Waals surface area contributed by atoms with Gasteiger partial charge >= 0.3 is 0 Å². The number of piperidine rings is 1. The highest BCUT2D eigenvalue weighted by Gasteiger charge is 2.36. The van der Waals surface area contributed by atoms with E-state index in [2.05, 4.69) is 4.90 Å². The highest BCUT2D eigenvalue weighted by Crippen LogP contribution is 2.36. The number of carbonyl (C=O) groups is 1.